The summed E-state index contributed by atoms with van der Waals surface area (Å²) in [4.78, 5) is 15.4. The predicted octanol–water partition coefficient (Wildman–Crippen LogP) is 2.46. The monoisotopic (exact) mass is 242 g/mol. The van der Waals surface area contributed by atoms with Crippen LogP contribution in [0.1, 0.15) is 12.8 Å². The number of alkyl halides is 1. The second-order valence-electron chi connectivity index (χ2n) is 3.02. The number of rotatable bonds is 5. The van der Waals surface area contributed by atoms with Crippen molar-refractivity contribution in [2.24, 2.45) is 0 Å². The van der Waals surface area contributed by atoms with Gasteiger partial charge in [0.1, 0.15) is 16.9 Å². The first-order chi connectivity index (χ1) is 7.42. The van der Waals surface area contributed by atoms with Crippen LogP contribution in [-0.2, 0) is 0 Å². The highest BCUT2D eigenvalue weighted by Gasteiger charge is 2.05. The molecule has 80 valence electrons. The molecule has 2 heterocycles. The topological polar surface area (TPSA) is 54.5 Å². The minimum absolute atomic E-state index is 0.726. The average molecular weight is 243 g/mol. The molecule has 0 saturated carbocycles. The smallest absolute Gasteiger partial charge is 0.181 e. The summed E-state index contributed by atoms with van der Waals surface area (Å²) in [5.41, 5.74) is 1.65. The van der Waals surface area contributed by atoms with E-state index in [-0.39, 0.29) is 0 Å². The van der Waals surface area contributed by atoms with E-state index in [1.165, 1.54) is 0 Å². The van der Waals surface area contributed by atoms with Crippen LogP contribution in [0.4, 0.5) is 0 Å². The van der Waals surface area contributed by atoms with Gasteiger partial charge in [0.2, 0.25) is 0 Å². The number of H-pyrrole nitrogens is 1. The van der Waals surface area contributed by atoms with E-state index < -0.39 is 0 Å². The van der Waals surface area contributed by atoms with Crippen molar-refractivity contribution in [3.05, 3.63) is 12.7 Å². The van der Waals surface area contributed by atoms with Gasteiger partial charge in [0.15, 0.2) is 5.65 Å². The van der Waals surface area contributed by atoms with Crippen LogP contribution < -0.4 is 0 Å². The number of fused-ring (bicyclic) bond motifs is 1. The number of imidazole rings is 1. The molecule has 2 rings (SSSR count). The number of unbranched alkanes of at least 4 members (excludes halogenated alkanes) is 1. The number of halogens is 1. The van der Waals surface area contributed by atoms with Gasteiger partial charge in [-0.25, -0.2) is 15.0 Å². The Morgan fingerprint density at radius 1 is 1.27 bits per heavy atom. The summed E-state index contributed by atoms with van der Waals surface area (Å²) >= 11 is 7.32. The van der Waals surface area contributed by atoms with Crippen LogP contribution in [0.25, 0.3) is 11.2 Å². The van der Waals surface area contributed by atoms with Crippen molar-refractivity contribution in [1.82, 2.24) is 19.9 Å². The third-order valence-corrected chi connectivity index (χ3v) is 3.30. The average Bonchev–Trinajstić information content (AvgIpc) is 2.73. The van der Waals surface area contributed by atoms with Crippen LogP contribution in [0.15, 0.2) is 17.7 Å². The Morgan fingerprint density at radius 3 is 3.07 bits per heavy atom. The van der Waals surface area contributed by atoms with Gasteiger partial charge in [0, 0.05) is 5.88 Å². The fourth-order valence-electron chi connectivity index (χ4n) is 1.22. The van der Waals surface area contributed by atoms with Crippen LogP contribution in [0.5, 0.6) is 0 Å². The Morgan fingerprint density at radius 2 is 2.20 bits per heavy atom. The van der Waals surface area contributed by atoms with Gasteiger partial charge < -0.3 is 4.98 Å². The van der Waals surface area contributed by atoms with E-state index in [4.69, 9.17) is 11.6 Å². The molecule has 0 fully saturated rings. The molecule has 2 aromatic rings. The summed E-state index contributed by atoms with van der Waals surface area (Å²) in [6.07, 6.45) is 5.34. The summed E-state index contributed by atoms with van der Waals surface area (Å²) in [6.45, 7) is 0. The number of hydrogen-bond donors (Lipinski definition) is 1. The Labute approximate surface area is 96.9 Å². The molecule has 0 aliphatic carbocycles. The lowest BCUT2D eigenvalue weighted by Crippen LogP contribution is -1.88. The molecule has 0 spiro atoms. The first-order valence-corrected chi connectivity index (χ1v) is 6.26. The van der Waals surface area contributed by atoms with Gasteiger partial charge in [-0.2, -0.15) is 0 Å². The summed E-state index contributed by atoms with van der Waals surface area (Å²) in [7, 11) is 0. The number of nitrogens with zero attached hydrogens (tertiary/aromatic N) is 3. The summed E-state index contributed by atoms with van der Waals surface area (Å²) < 4.78 is 0. The normalized spacial score (nSPS) is 11.0. The van der Waals surface area contributed by atoms with Crippen molar-refractivity contribution in [3.8, 4) is 0 Å². The fourth-order valence-corrected chi connectivity index (χ4v) is 2.36. The van der Waals surface area contributed by atoms with Crippen molar-refractivity contribution in [1.29, 1.82) is 0 Å². The first kappa shape index (κ1) is 10.7. The van der Waals surface area contributed by atoms with E-state index >= 15 is 0 Å². The molecule has 0 amide bonds. The van der Waals surface area contributed by atoms with Crippen LogP contribution in [0.3, 0.4) is 0 Å². The molecule has 15 heavy (non-hydrogen) atoms. The zero-order valence-corrected chi connectivity index (χ0v) is 9.68. The lowest BCUT2D eigenvalue weighted by Gasteiger charge is -1.99. The molecule has 0 aliphatic rings. The maximum absolute atomic E-state index is 5.61. The van der Waals surface area contributed by atoms with Crippen LogP contribution in [0.2, 0.25) is 0 Å². The Kier molecular flexibility index (Phi) is 3.80. The molecule has 0 atom stereocenters. The summed E-state index contributed by atoms with van der Waals surface area (Å²) in [5, 5.41) is 0.965. The van der Waals surface area contributed by atoms with Gasteiger partial charge in [-0.15, -0.1) is 23.4 Å². The van der Waals surface area contributed by atoms with E-state index in [2.05, 4.69) is 19.9 Å². The maximum Gasteiger partial charge on any atom is 0.181 e. The number of aromatic amines is 1. The van der Waals surface area contributed by atoms with E-state index in [1.54, 1.807) is 24.4 Å². The highest BCUT2D eigenvalue weighted by molar-refractivity contribution is 7.99. The number of thioether (sulfide) groups is 1. The molecular weight excluding hydrogens is 232 g/mol. The molecule has 0 unspecified atom stereocenters. The van der Waals surface area contributed by atoms with Crippen LogP contribution >= 0.6 is 23.4 Å². The fraction of sp³-hybridized carbons (Fsp3) is 0.444. The zero-order chi connectivity index (χ0) is 10.5. The number of nitrogens with one attached hydrogen (secondary N) is 1. The van der Waals surface area contributed by atoms with Gasteiger partial charge in [-0.1, -0.05) is 0 Å². The molecule has 4 nitrogen and oxygen atoms in total. The highest BCUT2D eigenvalue weighted by atomic mass is 35.5. The standard InChI is InChI=1S/C9H11ClN4S/c10-3-1-2-4-15-9-7-8(12-5-11-7)13-6-14-9/h5-6H,1-4H2,(H,11,12,13,14). The lowest BCUT2D eigenvalue weighted by atomic mass is 10.4. The molecule has 2 aromatic heterocycles. The SMILES string of the molecule is ClCCCCSc1ncnc2nc[nH]c12. The molecular formula is C9H11ClN4S. The van der Waals surface area contributed by atoms with Gasteiger partial charge >= 0.3 is 0 Å². The van der Waals surface area contributed by atoms with Crippen molar-refractivity contribution in [2.75, 3.05) is 11.6 Å². The first-order valence-electron chi connectivity index (χ1n) is 4.74. The van der Waals surface area contributed by atoms with E-state index in [0.717, 1.165) is 40.7 Å². The van der Waals surface area contributed by atoms with Crippen molar-refractivity contribution in [3.63, 3.8) is 0 Å². The largest absolute Gasteiger partial charge is 0.341 e. The van der Waals surface area contributed by atoms with E-state index in [0.29, 0.717) is 0 Å². The summed E-state index contributed by atoms with van der Waals surface area (Å²) in [6, 6.07) is 0. The van der Waals surface area contributed by atoms with E-state index in [9.17, 15) is 0 Å². The maximum atomic E-state index is 5.61. The molecule has 0 aliphatic heterocycles. The van der Waals surface area contributed by atoms with Crippen molar-refractivity contribution < 1.29 is 0 Å². The quantitative estimate of drug-likeness (QED) is 0.379. The molecule has 0 saturated heterocycles. The van der Waals surface area contributed by atoms with Crippen LogP contribution in [-0.4, -0.2) is 31.6 Å². The number of hydrogen-bond acceptors (Lipinski definition) is 4. The van der Waals surface area contributed by atoms with Crippen molar-refractivity contribution >= 4 is 34.5 Å². The zero-order valence-electron chi connectivity index (χ0n) is 8.11. The van der Waals surface area contributed by atoms with E-state index in [1.807, 2.05) is 0 Å². The molecule has 6 heteroatoms. The highest BCUT2D eigenvalue weighted by Crippen LogP contribution is 2.22. The lowest BCUT2D eigenvalue weighted by molar-refractivity contribution is 0.901. The van der Waals surface area contributed by atoms with Gasteiger partial charge in [-0.3, -0.25) is 0 Å². The van der Waals surface area contributed by atoms with Gasteiger partial charge in [0.05, 0.1) is 6.33 Å². The molecule has 1 N–H and O–H groups in total. The Bertz CT molecular complexity index is 431. The van der Waals surface area contributed by atoms with Gasteiger partial charge in [0.25, 0.3) is 0 Å². The second-order valence-corrected chi connectivity index (χ2v) is 4.49. The summed E-state index contributed by atoms with van der Waals surface area (Å²) in [5.74, 6) is 1.75. The second kappa shape index (κ2) is 5.32. The Balaban J connectivity index is 2.04. The Hall–Kier alpha value is -0.810. The number of aromatic nitrogens is 4. The van der Waals surface area contributed by atoms with Crippen LogP contribution in [0, 0.1) is 0 Å². The molecule has 0 radical (unpaired) electrons. The third-order valence-electron chi connectivity index (χ3n) is 1.95. The third kappa shape index (κ3) is 2.60. The minimum atomic E-state index is 0.726. The minimum Gasteiger partial charge on any atom is -0.341 e. The van der Waals surface area contributed by atoms with Gasteiger partial charge in [-0.05, 0) is 18.6 Å². The molecule has 0 aromatic carbocycles. The molecule has 0 bridgehead atoms. The van der Waals surface area contributed by atoms with Crippen molar-refractivity contribution in [2.45, 2.75) is 17.9 Å². The predicted molar refractivity (Wildman–Crippen MR) is 62.4 cm³/mol.